The highest BCUT2D eigenvalue weighted by atomic mass is 16.3. The second-order valence-electron chi connectivity index (χ2n) is 4.02. The van der Waals surface area contributed by atoms with Gasteiger partial charge in [-0.1, -0.05) is 0 Å². The Labute approximate surface area is 68.2 Å². The van der Waals surface area contributed by atoms with Crippen molar-refractivity contribution in [3.05, 3.63) is 0 Å². The monoisotopic (exact) mass is 156 g/mol. The van der Waals surface area contributed by atoms with E-state index in [1.807, 2.05) is 0 Å². The van der Waals surface area contributed by atoms with Crippen LogP contribution in [0.25, 0.3) is 0 Å². The Bertz CT molecular complexity index is 134. The molecule has 2 heterocycles. The number of piperidine rings is 1. The molecule has 2 saturated heterocycles. The molecule has 0 radical (unpaired) electrons. The standard InChI is InChI=1S/C9H17NO/c1-2-10-7-3-4-8(10)6-9(11)5-7/h7-9,11H,2-6H2,1H3/p+1/t7-,8+,9?. The lowest BCUT2D eigenvalue weighted by molar-refractivity contribution is -0.940. The van der Waals surface area contributed by atoms with Gasteiger partial charge >= 0.3 is 0 Å². The van der Waals surface area contributed by atoms with E-state index in [1.54, 1.807) is 4.90 Å². The number of nitrogens with one attached hydrogen (secondary N) is 1. The molecule has 0 aromatic carbocycles. The van der Waals surface area contributed by atoms with E-state index in [0.717, 1.165) is 24.9 Å². The van der Waals surface area contributed by atoms with Crippen LogP contribution in [0.5, 0.6) is 0 Å². The third-order valence-corrected chi connectivity index (χ3v) is 3.43. The number of aliphatic hydroxyl groups excluding tert-OH is 1. The normalized spacial score (nSPS) is 49.6. The van der Waals surface area contributed by atoms with E-state index in [9.17, 15) is 5.11 Å². The van der Waals surface area contributed by atoms with Crippen molar-refractivity contribution in [2.75, 3.05) is 6.54 Å². The predicted octanol–water partition coefficient (Wildman–Crippen LogP) is -0.423. The third-order valence-electron chi connectivity index (χ3n) is 3.43. The van der Waals surface area contributed by atoms with Crippen LogP contribution in [0.4, 0.5) is 0 Å². The van der Waals surface area contributed by atoms with E-state index in [4.69, 9.17) is 0 Å². The molecule has 0 aliphatic carbocycles. The molecule has 64 valence electrons. The molecular weight excluding hydrogens is 138 g/mol. The highest BCUT2D eigenvalue weighted by molar-refractivity contribution is 4.81. The molecule has 2 rings (SSSR count). The molecule has 2 bridgehead atoms. The number of quaternary nitrogens is 1. The molecule has 2 aliphatic heterocycles. The Kier molecular flexibility index (Phi) is 1.90. The van der Waals surface area contributed by atoms with Gasteiger partial charge in [0.05, 0.1) is 24.7 Å². The van der Waals surface area contributed by atoms with E-state index >= 15 is 0 Å². The largest absolute Gasteiger partial charge is 0.393 e. The molecule has 2 aliphatic rings. The van der Waals surface area contributed by atoms with Gasteiger partial charge in [-0.3, -0.25) is 0 Å². The number of fused-ring (bicyclic) bond motifs is 2. The van der Waals surface area contributed by atoms with Gasteiger partial charge in [-0.15, -0.1) is 0 Å². The second kappa shape index (κ2) is 2.76. The summed E-state index contributed by atoms with van der Waals surface area (Å²) in [6.45, 7) is 3.51. The molecule has 2 heteroatoms. The van der Waals surface area contributed by atoms with Gasteiger partial charge in [0.1, 0.15) is 0 Å². The first-order valence-corrected chi connectivity index (χ1v) is 4.85. The number of hydrogen-bond donors (Lipinski definition) is 2. The summed E-state index contributed by atoms with van der Waals surface area (Å²) in [5.41, 5.74) is 0. The fraction of sp³-hybridized carbons (Fsp3) is 1.00. The maximum Gasteiger partial charge on any atom is 0.0904 e. The molecule has 0 spiro atoms. The zero-order chi connectivity index (χ0) is 7.84. The Hall–Kier alpha value is -0.0800. The van der Waals surface area contributed by atoms with Gasteiger partial charge in [0.2, 0.25) is 0 Å². The van der Waals surface area contributed by atoms with Crippen LogP contribution in [0.2, 0.25) is 0 Å². The van der Waals surface area contributed by atoms with Crippen LogP contribution in [0.15, 0.2) is 0 Å². The fourth-order valence-electron chi connectivity index (χ4n) is 2.98. The van der Waals surface area contributed by atoms with Gasteiger partial charge < -0.3 is 10.0 Å². The molecule has 11 heavy (non-hydrogen) atoms. The molecule has 0 aromatic rings. The minimum Gasteiger partial charge on any atom is -0.393 e. The SMILES string of the molecule is CC[NH+]1[C@@H]2CC[C@H]1CC(O)C2. The highest BCUT2D eigenvalue weighted by Gasteiger charge is 2.42. The number of rotatable bonds is 1. The van der Waals surface area contributed by atoms with E-state index in [1.165, 1.54) is 19.4 Å². The van der Waals surface area contributed by atoms with Crippen LogP contribution < -0.4 is 4.90 Å². The van der Waals surface area contributed by atoms with Gasteiger partial charge in [0.15, 0.2) is 0 Å². The summed E-state index contributed by atoms with van der Waals surface area (Å²) in [4.78, 5) is 1.76. The molecule has 2 fully saturated rings. The Morgan fingerprint density at radius 2 is 1.82 bits per heavy atom. The minimum atomic E-state index is 0.0165. The Morgan fingerprint density at radius 1 is 1.27 bits per heavy atom. The number of hydrogen-bond acceptors (Lipinski definition) is 1. The van der Waals surface area contributed by atoms with E-state index in [-0.39, 0.29) is 6.10 Å². The smallest absolute Gasteiger partial charge is 0.0904 e. The first-order chi connectivity index (χ1) is 5.31. The topological polar surface area (TPSA) is 24.7 Å². The predicted molar refractivity (Wildman–Crippen MR) is 43.6 cm³/mol. The quantitative estimate of drug-likeness (QED) is 0.529. The van der Waals surface area contributed by atoms with Crippen LogP contribution in [-0.4, -0.2) is 29.8 Å². The van der Waals surface area contributed by atoms with Crippen molar-refractivity contribution in [2.24, 2.45) is 0 Å². The molecule has 0 saturated carbocycles. The summed E-state index contributed by atoms with van der Waals surface area (Å²) in [7, 11) is 0. The van der Waals surface area contributed by atoms with Crippen LogP contribution in [0.1, 0.15) is 32.6 Å². The maximum absolute atomic E-state index is 9.49. The van der Waals surface area contributed by atoms with Gasteiger partial charge in [0, 0.05) is 25.7 Å². The minimum absolute atomic E-state index is 0.0165. The first kappa shape index (κ1) is 7.56. The number of aliphatic hydroxyl groups is 1. The van der Waals surface area contributed by atoms with Crippen molar-refractivity contribution in [3.63, 3.8) is 0 Å². The van der Waals surface area contributed by atoms with E-state index in [2.05, 4.69) is 6.92 Å². The first-order valence-electron chi connectivity index (χ1n) is 4.85. The Balaban J connectivity index is 2.06. The molecule has 2 N–H and O–H groups in total. The lowest BCUT2D eigenvalue weighted by Gasteiger charge is -2.33. The van der Waals surface area contributed by atoms with Crippen molar-refractivity contribution in [3.8, 4) is 0 Å². The van der Waals surface area contributed by atoms with Crippen LogP contribution in [0, 0.1) is 0 Å². The molecule has 2 nitrogen and oxygen atoms in total. The second-order valence-corrected chi connectivity index (χ2v) is 4.02. The van der Waals surface area contributed by atoms with Crippen molar-refractivity contribution in [1.82, 2.24) is 0 Å². The summed E-state index contributed by atoms with van der Waals surface area (Å²) in [5, 5.41) is 9.49. The third kappa shape index (κ3) is 1.18. The molecule has 0 aromatic heterocycles. The van der Waals surface area contributed by atoms with E-state index < -0.39 is 0 Å². The molecular formula is C9H18NO+. The zero-order valence-electron chi connectivity index (χ0n) is 7.21. The van der Waals surface area contributed by atoms with Crippen molar-refractivity contribution >= 4 is 0 Å². The Morgan fingerprint density at radius 3 is 2.27 bits per heavy atom. The molecule has 4 atom stereocenters. The lowest BCUT2D eigenvalue weighted by Crippen LogP contribution is -3.17. The van der Waals surface area contributed by atoms with E-state index in [0.29, 0.717) is 0 Å². The van der Waals surface area contributed by atoms with Crippen molar-refractivity contribution in [2.45, 2.75) is 50.8 Å². The van der Waals surface area contributed by atoms with Gasteiger partial charge in [-0.05, 0) is 6.92 Å². The lowest BCUT2D eigenvalue weighted by atomic mass is 10.0. The fourth-order valence-corrected chi connectivity index (χ4v) is 2.98. The average Bonchev–Trinajstić information content (AvgIpc) is 2.23. The molecule has 0 amide bonds. The average molecular weight is 156 g/mol. The van der Waals surface area contributed by atoms with Gasteiger partial charge in [0.25, 0.3) is 0 Å². The summed E-state index contributed by atoms with van der Waals surface area (Å²) < 4.78 is 0. The molecule has 2 unspecified atom stereocenters. The zero-order valence-corrected chi connectivity index (χ0v) is 7.21. The van der Waals surface area contributed by atoms with Gasteiger partial charge in [-0.25, -0.2) is 0 Å². The van der Waals surface area contributed by atoms with Crippen LogP contribution in [0.3, 0.4) is 0 Å². The maximum atomic E-state index is 9.49. The summed E-state index contributed by atoms with van der Waals surface area (Å²) in [5.74, 6) is 0. The van der Waals surface area contributed by atoms with Crippen molar-refractivity contribution in [1.29, 1.82) is 0 Å². The summed E-state index contributed by atoms with van der Waals surface area (Å²) >= 11 is 0. The highest BCUT2D eigenvalue weighted by Crippen LogP contribution is 2.22. The van der Waals surface area contributed by atoms with Crippen LogP contribution >= 0.6 is 0 Å². The van der Waals surface area contributed by atoms with Gasteiger partial charge in [-0.2, -0.15) is 0 Å². The van der Waals surface area contributed by atoms with Crippen molar-refractivity contribution < 1.29 is 10.0 Å². The summed E-state index contributed by atoms with van der Waals surface area (Å²) in [6.07, 6.45) is 4.83. The van der Waals surface area contributed by atoms with Crippen LogP contribution in [-0.2, 0) is 0 Å². The summed E-state index contributed by atoms with van der Waals surface area (Å²) in [6, 6.07) is 1.57.